The van der Waals surface area contributed by atoms with Gasteiger partial charge in [-0.3, -0.25) is 4.79 Å². The summed E-state index contributed by atoms with van der Waals surface area (Å²) in [7, 11) is 0. The molecule has 1 aliphatic rings. The molecule has 4 heteroatoms. The summed E-state index contributed by atoms with van der Waals surface area (Å²) >= 11 is 5.04. The molecule has 1 aliphatic heterocycles. The Kier molecular flexibility index (Phi) is 3.81. The monoisotopic (exact) mass is 287 g/mol. The first-order valence-electron chi connectivity index (χ1n) is 5.18. The van der Waals surface area contributed by atoms with E-state index in [1.807, 2.05) is 21.7 Å². The maximum atomic E-state index is 12.0. The number of rotatable bonds is 3. The minimum absolute atomic E-state index is 0.202. The summed E-state index contributed by atoms with van der Waals surface area (Å²) in [4.78, 5) is 14.0. The zero-order valence-electron chi connectivity index (χ0n) is 8.49. The van der Waals surface area contributed by atoms with Gasteiger partial charge in [-0.15, -0.1) is 0 Å². The number of hydrogen-bond donors (Lipinski definition) is 0. The summed E-state index contributed by atoms with van der Waals surface area (Å²) < 4.78 is 0. The molecule has 0 bridgehead atoms. The molecule has 2 rings (SSSR count). The van der Waals surface area contributed by atoms with Crippen molar-refractivity contribution in [1.82, 2.24) is 4.90 Å². The lowest BCUT2D eigenvalue weighted by Crippen LogP contribution is -2.28. The van der Waals surface area contributed by atoms with E-state index in [0.29, 0.717) is 5.92 Å². The van der Waals surface area contributed by atoms with Gasteiger partial charge in [0.05, 0.1) is 5.56 Å². The van der Waals surface area contributed by atoms with Crippen molar-refractivity contribution < 1.29 is 4.79 Å². The summed E-state index contributed by atoms with van der Waals surface area (Å²) in [6, 6.07) is 1.91. The summed E-state index contributed by atoms with van der Waals surface area (Å²) in [6.07, 6.45) is 2.33. The number of carbonyl (C=O) groups is 1. The molecule has 0 spiro atoms. The molecule has 0 aromatic carbocycles. The second kappa shape index (κ2) is 5.12. The van der Waals surface area contributed by atoms with Gasteiger partial charge in [0.15, 0.2) is 0 Å². The SMILES string of the molecule is O=C(c1ccsc1)N1CCC(CCBr)C1. The Bertz CT molecular complexity index is 325. The smallest absolute Gasteiger partial charge is 0.254 e. The van der Waals surface area contributed by atoms with Crippen molar-refractivity contribution in [3.05, 3.63) is 22.4 Å². The number of amides is 1. The van der Waals surface area contributed by atoms with E-state index in [1.54, 1.807) is 11.3 Å². The van der Waals surface area contributed by atoms with E-state index in [-0.39, 0.29) is 5.91 Å². The molecule has 1 saturated heterocycles. The summed E-state index contributed by atoms with van der Waals surface area (Å²) in [5.41, 5.74) is 0.847. The highest BCUT2D eigenvalue weighted by Crippen LogP contribution is 2.22. The fourth-order valence-corrected chi connectivity index (χ4v) is 3.25. The quantitative estimate of drug-likeness (QED) is 0.783. The minimum Gasteiger partial charge on any atom is -0.338 e. The lowest BCUT2D eigenvalue weighted by Gasteiger charge is -2.15. The van der Waals surface area contributed by atoms with Gasteiger partial charge >= 0.3 is 0 Å². The van der Waals surface area contributed by atoms with Gasteiger partial charge in [0, 0.05) is 23.8 Å². The molecule has 1 aromatic heterocycles. The average molecular weight is 288 g/mol. The molecule has 2 heterocycles. The first kappa shape index (κ1) is 11.1. The van der Waals surface area contributed by atoms with Gasteiger partial charge in [0.25, 0.3) is 5.91 Å². The lowest BCUT2D eigenvalue weighted by molar-refractivity contribution is 0.0787. The van der Waals surface area contributed by atoms with Crippen LogP contribution in [0.3, 0.4) is 0 Å². The molecule has 2 nitrogen and oxygen atoms in total. The van der Waals surface area contributed by atoms with Crippen LogP contribution in [0.2, 0.25) is 0 Å². The Morgan fingerprint density at radius 1 is 1.67 bits per heavy atom. The number of carbonyl (C=O) groups excluding carboxylic acids is 1. The highest BCUT2D eigenvalue weighted by Gasteiger charge is 2.26. The van der Waals surface area contributed by atoms with Crippen LogP contribution in [-0.2, 0) is 0 Å². The normalized spacial score (nSPS) is 20.9. The second-order valence-corrected chi connectivity index (χ2v) is 5.47. The van der Waals surface area contributed by atoms with Gasteiger partial charge in [-0.05, 0) is 30.2 Å². The third-order valence-corrected chi connectivity index (χ3v) is 4.00. The number of halogens is 1. The summed E-state index contributed by atoms with van der Waals surface area (Å²) in [5.74, 6) is 0.889. The average Bonchev–Trinajstić information content (AvgIpc) is 2.87. The Labute approximate surface area is 102 Å². The summed E-state index contributed by atoms with van der Waals surface area (Å²) in [5, 5.41) is 4.93. The number of hydrogen-bond acceptors (Lipinski definition) is 2. The molecule has 0 N–H and O–H groups in total. The van der Waals surface area contributed by atoms with Crippen molar-refractivity contribution in [2.75, 3.05) is 18.4 Å². The van der Waals surface area contributed by atoms with E-state index in [2.05, 4.69) is 15.9 Å². The molecular formula is C11H14BrNOS. The first-order chi connectivity index (χ1) is 7.31. The van der Waals surface area contributed by atoms with Crippen molar-refractivity contribution in [3.63, 3.8) is 0 Å². The van der Waals surface area contributed by atoms with Gasteiger partial charge in [-0.1, -0.05) is 15.9 Å². The molecule has 1 fully saturated rings. The highest BCUT2D eigenvalue weighted by atomic mass is 79.9. The van der Waals surface area contributed by atoms with E-state index < -0.39 is 0 Å². The number of nitrogens with zero attached hydrogens (tertiary/aromatic N) is 1. The standard InChI is InChI=1S/C11H14BrNOS/c12-4-1-9-2-5-13(7-9)11(14)10-3-6-15-8-10/h3,6,8-9H,1-2,4-5,7H2. The van der Waals surface area contributed by atoms with Gasteiger partial charge in [-0.2, -0.15) is 11.3 Å². The van der Waals surface area contributed by atoms with Crippen LogP contribution < -0.4 is 0 Å². The van der Waals surface area contributed by atoms with E-state index >= 15 is 0 Å². The fourth-order valence-electron chi connectivity index (χ4n) is 1.98. The molecule has 1 atom stereocenters. The van der Waals surface area contributed by atoms with Crippen molar-refractivity contribution >= 4 is 33.2 Å². The number of likely N-dealkylation sites (tertiary alicyclic amines) is 1. The maximum absolute atomic E-state index is 12.0. The molecule has 1 amide bonds. The largest absolute Gasteiger partial charge is 0.338 e. The Hall–Kier alpha value is -0.350. The van der Waals surface area contributed by atoms with Gasteiger partial charge < -0.3 is 4.90 Å². The molecule has 0 radical (unpaired) electrons. The Morgan fingerprint density at radius 2 is 2.53 bits per heavy atom. The van der Waals surface area contributed by atoms with Crippen LogP contribution in [0.1, 0.15) is 23.2 Å². The lowest BCUT2D eigenvalue weighted by atomic mass is 10.1. The third-order valence-electron chi connectivity index (χ3n) is 2.86. The van der Waals surface area contributed by atoms with E-state index in [9.17, 15) is 4.79 Å². The third kappa shape index (κ3) is 2.61. The van der Waals surface area contributed by atoms with Crippen LogP contribution in [0.5, 0.6) is 0 Å². The minimum atomic E-state index is 0.202. The van der Waals surface area contributed by atoms with Crippen molar-refractivity contribution in [1.29, 1.82) is 0 Å². The number of alkyl halides is 1. The zero-order valence-corrected chi connectivity index (χ0v) is 10.9. The molecule has 1 aromatic rings. The predicted molar refractivity (Wildman–Crippen MR) is 66.7 cm³/mol. The van der Waals surface area contributed by atoms with Gasteiger partial charge in [0.1, 0.15) is 0 Å². The zero-order chi connectivity index (χ0) is 10.7. The van der Waals surface area contributed by atoms with Crippen LogP contribution in [-0.4, -0.2) is 29.2 Å². The molecule has 15 heavy (non-hydrogen) atoms. The molecule has 1 unspecified atom stereocenters. The molecular weight excluding hydrogens is 274 g/mol. The first-order valence-corrected chi connectivity index (χ1v) is 7.25. The van der Waals surface area contributed by atoms with Crippen LogP contribution in [0.25, 0.3) is 0 Å². The number of thiophene rings is 1. The van der Waals surface area contributed by atoms with E-state index in [4.69, 9.17) is 0 Å². The Morgan fingerprint density at radius 3 is 3.20 bits per heavy atom. The Balaban J connectivity index is 1.93. The van der Waals surface area contributed by atoms with Crippen molar-refractivity contribution in [2.45, 2.75) is 12.8 Å². The van der Waals surface area contributed by atoms with Crippen LogP contribution >= 0.6 is 27.3 Å². The van der Waals surface area contributed by atoms with E-state index in [0.717, 1.165) is 30.4 Å². The molecule has 0 aliphatic carbocycles. The predicted octanol–water partition coefficient (Wildman–Crippen LogP) is 3.00. The van der Waals surface area contributed by atoms with Crippen molar-refractivity contribution in [3.8, 4) is 0 Å². The summed E-state index contributed by atoms with van der Waals surface area (Å²) in [6.45, 7) is 1.85. The van der Waals surface area contributed by atoms with Crippen LogP contribution in [0, 0.1) is 5.92 Å². The van der Waals surface area contributed by atoms with Crippen LogP contribution in [0.15, 0.2) is 16.8 Å². The second-order valence-electron chi connectivity index (χ2n) is 3.90. The molecule has 0 saturated carbocycles. The highest BCUT2D eigenvalue weighted by molar-refractivity contribution is 9.09. The van der Waals surface area contributed by atoms with Gasteiger partial charge in [-0.25, -0.2) is 0 Å². The topological polar surface area (TPSA) is 20.3 Å². The maximum Gasteiger partial charge on any atom is 0.254 e. The molecule has 82 valence electrons. The van der Waals surface area contributed by atoms with Crippen LogP contribution in [0.4, 0.5) is 0 Å². The van der Waals surface area contributed by atoms with Crippen molar-refractivity contribution in [2.24, 2.45) is 5.92 Å². The fraction of sp³-hybridized carbons (Fsp3) is 0.545. The van der Waals surface area contributed by atoms with E-state index in [1.165, 1.54) is 6.42 Å². The van der Waals surface area contributed by atoms with Gasteiger partial charge in [0.2, 0.25) is 0 Å².